The van der Waals surface area contributed by atoms with Crippen LogP contribution in [0.1, 0.15) is 59.3 Å². The maximum absolute atomic E-state index is 12.9. The Balaban J connectivity index is 1.49. The van der Waals surface area contributed by atoms with Crippen molar-refractivity contribution < 1.29 is 14.6 Å². The number of pyridine rings is 1. The molecule has 178 valence electrons. The number of carbonyl (C=O) groups excluding carboxylic acids is 1. The lowest BCUT2D eigenvalue weighted by atomic mass is 9.86. The number of allylic oxidation sites excluding steroid dienone is 1. The number of hydrogen-bond acceptors (Lipinski definition) is 5. The van der Waals surface area contributed by atoms with E-state index in [9.17, 15) is 9.90 Å². The van der Waals surface area contributed by atoms with Crippen molar-refractivity contribution in [2.75, 3.05) is 7.11 Å². The second-order valence-electron chi connectivity index (χ2n) is 9.12. The summed E-state index contributed by atoms with van der Waals surface area (Å²) in [4.78, 5) is 17.4. The van der Waals surface area contributed by atoms with Crippen molar-refractivity contribution in [3.05, 3.63) is 77.1 Å². The molecule has 3 aromatic rings. The van der Waals surface area contributed by atoms with Gasteiger partial charge in [0.15, 0.2) is 5.78 Å². The highest BCUT2D eigenvalue weighted by Gasteiger charge is 2.20. The van der Waals surface area contributed by atoms with Crippen LogP contribution in [0.15, 0.2) is 54.7 Å². The number of hydrogen-bond donors (Lipinski definition) is 1. The predicted molar refractivity (Wildman–Crippen MR) is 133 cm³/mol. The molecule has 2 aromatic heterocycles. The van der Waals surface area contributed by atoms with Crippen molar-refractivity contribution in [2.24, 2.45) is 13.0 Å². The van der Waals surface area contributed by atoms with Gasteiger partial charge in [-0.2, -0.15) is 5.10 Å². The lowest BCUT2D eigenvalue weighted by Gasteiger charge is -2.24. The molecule has 0 spiro atoms. The van der Waals surface area contributed by atoms with Crippen LogP contribution in [0.25, 0.3) is 11.3 Å². The van der Waals surface area contributed by atoms with E-state index < -0.39 is 0 Å². The van der Waals surface area contributed by atoms with Crippen LogP contribution in [0.5, 0.6) is 5.88 Å². The fourth-order valence-corrected chi connectivity index (χ4v) is 4.56. The van der Waals surface area contributed by atoms with E-state index in [4.69, 9.17) is 4.74 Å². The molecule has 0 radical (unpaired) electrons. The number of Topliss-reactive ketones (excluding diaryl/α,β-unsaturated/α-hetero) is 1. The molecule has 1 N–H and O–H groups in total. The van der Waals surface area contributed by atoms with Crippen LogP contribution in [0.2, 0.25) is 0 Å². The number of aryl methyl sites for hydroxylation is 1. The fourth-order valence-electron chi connectivity index (χ4n) is 4.56. The Morgan fingerprint density at radius 2 is 1.97 bits per heavy atom. The first-order chi connectivity index (χ1) is 16.4. The van der Waals surface area contributed by atoms with Crippen LogP contribution < -0.4 is 4.74 Å². The van der Waals surface area contributed by atoms with Crippen molar-refractivity contribution in [1.29, 1.82) is 0 Å². The van der Waals surface area contributed by atoms with Crippen molar-refractivity contribution >= 4 is 5.78 Å². The monoisotopic (exact) mass is 459 g/mol. The third kappa shape index (κ3) is 5.62. The Morgan fingerprint density at radius 1 is 1.21 bits per heavy atom. The molecule has 1 fully saturated rings. The molecule has 0 saturated heterocycles. The average Bonchev–Trinajstić information content (AvgIpc) is 3.28. The first-order valence-electron chi connectivity index (χ1n) is 12.0. The van der Waals surface area contributed by atoms with Crippen LogP contribution in [0.4, 0.5) is 0 Å². The van der Waals surface area contributed by atoms with Crippen LogP contribution >= 0.6 is 0 Å². The molecule has 1 saturated carbocycles. The SMILES string of the molecule is COc1nc(C(=O)C/C=C/[C@H]2CCCC[C@@H]2O)cc(Cc2ccc(-c3ccn(C)n3)cc2)c1C. The predicted octanol–water partition coefficient (Wildman–Crippen LogP) is 5.07. The van der Waals surface area contributed by atoms with E-state index in [-0.39, 0.29) is 24.2 Å². The van der Waals surface area contributed by atoms with Crippen LogP contribution in [0, 0.1) is 12.8 Å². The smallest absolute Gasteiger partial charge is 0.216 e. The van der Waals surface area contributed by atoms with Gasteiger partial charge in [-0.05, 0) is 49.4 Å². The number of aliphatic hydroxyl groups excluding tert-OH is 1. The van der Waals surface area contributed by atoms with Gasteiger partial charge < -0.3 is 9.84 Å². The molecule has 2 heterocycles. The lowest BCUT2D eigenvalue weighted by molar-refractivity contribution is 0.0920. The Morgan fingerprint density at radius 3 is 2.65 bits per heavy atom. The van der Waals surface area contributed by atoms with Gasteiger partial charge in [0.1, 0.15) is 5.69 Å². The molecule has 0 aliphatic heterocycles. The highest BCUT2D eigenvalue weighted by molar-refractivity contribution is 5.95. The number of aromatic nitrogens is 3. The molecule has 34 heavy (non-hydrogen) atoms. The van der Waals surface area contributed by atoms with Crippen LogP contribution in [-0.2, 0) is 13.5 Å². The summed E-state index contributed by atoms with van der Waals surface area (Å²) in [5, 5.41) is 14.6. The number of aliphatic hydroxyl groups is 1. The molecular weight excluding hydrogens is 426 g/mol. The van der Waals surface area contributed by atoms with E-state index in [0.29, 0.717) is 18.0 Å². The second-order valence-corrected chi connectivity index (χ2v) is 9.12. The Hall–Kier alpha value is -3.25. The minimum atomic E-state index is -0.298. The van der Waals surface area contributed by atoms with E-state index >= 15 is 0 Å². The van der Waals surface area contributed by atoms with Gasteiger partial charge in [-0.25, -0.2) is 4.98 Å². The largest absolute Gasteiger partial charge is 0.481 e. The normalized spacial score (nSPS) is 18.4. The zero-order valence-electron chi connectivity index (χ0n) is 20.2. The third-order valence-corrected chi connectivity index (χ3v) is 6.64. The van der Waals surface area contributed by atoms with Gasteiger partial charge in [-0.15, -0.1) is 0 Å². The zero-order valence-corrected chi connectivity index (χ0v) is 20.2. The summed E-state index contributed by atoms with van der Waals surface area (Å²) in [6.45, 7) is 1.97. The van der Waals surface area contributed by atoms with E-state index in [1.807, 2.05) is 44.5 Å². The first kappa shape index (κ1) is 23.9. The highest BCUT2D eigenvalue weighted by atomic mass is 16.5. The first-order valence-corrected chi connectivity index (χ1v) is 12.0. The highest BCUT2D eigenvalue weighted by Crippen LogP contribution is 2.27. The maximum Gasteiger partial charge on any atom is 0.216 e. The van der Waals surface area contributed by atoms with Gasteiger partial charge in [0.25, 0.3) is 0 Å². The standard InChI is InChI=1S/C28H33N3O3/c1-19-23(17-20-11-13-21(14-12-20)24-15-16-31(2)30-24)18-25(29-28(19)34-3)27(33)10-6-8-22-7-4-5-9-26(22)32/h6,8,11-16,18,22,26,32H,4-5,7,9-10,17H2,1-3H3/b8-6+/t22-,26+/m1/s1. The number of rotatable bonds is 8. The quantitative estimate of drug-likeness (QED) is 0.376. The number of nitrogens with zero attached hydrogens (tertiary/aromatic N) is 3. The van der Waals surface area contributed by atoms with E-state index in [1.165, 1.54) is 0 Å². The van der Waals surface area contributed by atoms with Gasteiger partial charge in [-0.1, -0.05) is 49.3 Å². The molecule has 1 aromatic carbocycles. The van der Waals surface area contributed by atoms with E-state index in [0.717, 1.165) is 53.6 Å². The molecule has 4 rings (SSSR count). The van der Waals surface area contributed by atoms with Gasteiger partial charge in [-0.3, -0.25) is 9.48 Å². The molecule has 0 bridgehead atoms. The number of ketones is 1. The van der Waals surface area contributed by atoms with Crippen LogP contribution in [-0.4, -0.2) is 38.9 Å². The summed E-state index contributed by atoms with van der Waals surface area (Å²) < 4.78 is 7.27. The van der Waals surface area contributed by atoms with Gasteiger partial charge >= 0.3 is 0 Å². The molecule has 6 heteroatoms. The number of ether oxygens (including phenoxy) is 1. The minimum Gasteiger partial charge on any atom is -0.481 e. The van der Waals surface area contributed by atoms with Gasteiger partial charge in [0, 0.05) is 36.7 Å². The number of benzene rings is 1. The summed E-state index contributed by atoms with van der Waals surface area (Å²) in [7, 11) is 3.49. The van der Waals surface area contributed by atoms with Crippen LogP contribution in [0.3, 0.4) is 0 Å². The second kappa shape index (κ2) is 10.8. The average molecular weight is 460 g/mol. The van der Waals surface area contributed by atoms with Gasteiger partial charge in [0.05, 0.1) is 18.9 Å². The van der Waals surface area contributed by atoms with Crippen molar-refractivity contribution in [2.45, 2.75) is 51.6 Å². The van der Waals surface area contributed by atoms with Crippen molar-refractivity contribution in [3.63, 3.8) is 0 Å². The molecule has 2 atom stereocenters. The molecule has 1 aliphatic rings. The molecule has 6 nitrogen and oxygen atoms in total. The summed E-state index contributed by atoms with van der Waals surface area (Å²) in [6.07, 6.45) is 10.5. The maximum atomic E-state index is 12.9. The molecule has 1 aliphatic carbocycles. The molecule has 0 amide bonds. The fraction of sp³-hybridized carbons (Fsp3) is 0.393. The Labute approximate surface area is 201 Å². The summed E-state index contributed by atoms with van der Waals surface area (Å²) in [5.41, 5.74) is 5.52. The number of methoxy groups -OCH3 is 1. The Kier molecular flexibility index (Phi) is 7.58. The topological polar surface area (TPSA) is 77.2 Å². The molecule has 0 unspecified atom stereocenters. The minimum absolute atomic E-state index is 0.0494. The van der Waals surface area contributed by atoms with Crippen molar-refractivity contribution in [1.82, 2.24) is 14.8 Å². The third-order valence-electron chi connectivity index (χ3n) is 6.64. The molecular formula is C28H33N3O3. The van der Waals surface area contributed by atoms with E-state index in [2.05, 4.69) is 34.3 Å². The van der Waals surface area contributed by atoms with Crippen molar-refractivity contribution in [3.8, 4) is 17.1 Å². The van der Waals surface area contributed by atoms with E-state index in [1.54, 1.807) is 11.8 Å². The Bertz CT molecular complexity index is 1160. The summed E-state index contributed by atoms with van der Waals surface area (Å²) in [6, 6.07) is 12.2. The lowest BCUT2D eigenvalue weighted by Crippen LogP contribution is -2.22. The van der Waals surface area contributed by atoms with Gasteiger partial charge in [0.2, 0.25) is 5.88 Å². The zero-order chi connectivity index (χ0) is 24.1. The summed E-state index contributed by atoms with van der Waals surface area (Å²) in [5.74, 6) is 0.580. The summed E-state index contributed by atoms with van der Waals surface area (Å²) >= 11 is 0. The number of carbonyl (C=O) groups is 1.